The van der Waals surface area contributed by atoms with E-state index >= 15 is 0 Å². The number of fused-ring (bicyclic) bond motifs is 1. The third-order valence-corrected chi connectivity index (χ3v) is 1.30. The fourth-order valence-corrected chi connectivity index (χ4v) is 0.821. The first-order chi connectivity index (χ1) is 4.88. The Morgan fingerprint density at radius 2 is 2.50 bits per heavy atom. The Kier molecular flexibility index (Phi) is 0.913. The van der Waals surface area contributed by atoms with Crippen LogP contribution in [-0.2, 0) is 6.54 Å². The van der Waals surface area contributed by atoms with Crippen molar-refractivity contribution in [1.29, 1.82) is 0 Å². The van der Waals surface area contributed by atoms with E-state index in [1.54, 1.807) is 0 Å². The zero-order valence-electron chi connectivity index (χ0n) is 5.03. The molecule has 0 spiro atoms. The molecule has 5 heteroatoms. The molecule has 1 aromatic rings. The lowest BCUT2D eigenvalue weighted by molar-refractivity contribution is 0.980. The number of hydrogen-bond donors (Lipinski definition) is 1. The highest BCUT2D eigenvalue weighted by atomic mass is 16.1. The molecule has 0 saturated carbocycles. The molecule has 2 rings (SSSR count). The third-order valence-electron chi connectivity index (χ3n) is 1.30. The first-order valence-electron chi connectivity index (χ1n) is 2.82. The quantitative estimate of drug-likeness (QED) is 0.559. The molecular weight excluding hydrogens is 132 g/mol. The molecule has 1 N–H and O–H groups in total. The molecule has 0 radical (unpaired) electrons. The molecule has 10 heavy (non-hydrogen) atoms. The zero-order valence-corrected chi connectivity index (χ0v) is 5.03. The standard InChI is InChI=1S/C5H4N4O/c10-5-4-3(1-8-9-4)6-2-7-5/h2H,1H2,(H,6,7,10). The van der Waals surface area contributed by atoms with Crippen LogP contribution in [0.4, 0.5) is 5.69 Å². The maximum Gasteiger partial charge on any atom is 0.278 e. The summed E-state index contributed by atoms with van der Waals surface area (Å²) in [6, 6.07) is 0. The van der Waals surface area contributed by atoms with Gasteiger partial charge in [0.05, 0.1) is 12.0 Å². The van der Waals surface area contributed by atoms with Crippen LogP contribution in [-0.4, -0.2) is 9.97 Å². The van der Waals surface area contributed by atoms with Crippen LogP contribution in [0, 0.1) is 0 Å². The van der Waals surface area contributed by atoms with Crippen molar-refractivity contribution in [2.24, 2.45) is 10.2 Å². The van der Waals surface area contributed by atoms with Crippen molar-refractivity contribution in [3.8, 4) is 0 Å². The monoisotopic (exact) mass is 136 g/mol. The highest BCUT2D eigenvalue weighted by molar-refractivity contribution is 5.39. The van der Waals surface area contributed by atoms with Gasteiger partial charge in [0, 0.05) is 0 Å². The van der Waals surface area contributed by atoms with Crippen LogP contribution in [0.15, 0.2) is 21.4 Å². The fourth-order valence-electron chi connectivity index (χ4n) is 0.821. The van der Waals surface area contributed by atoms with Gasteiger partial charge in [-0.2, -0.15) is 5.11 Å². The SMILES string of the molecule is O=c1[nH]cnc2c1N=NC2. The summed E-state index contributed by atoms with van der Waals surface area (Å²) in [6.07, 6.45) is 1.36. The van der Waals surface area contributed by atoms with Crippen molar-refractivity contribution >= 4 is 5.69 Å². The summed E-state index contributed by atoms with van der Waals surface area (Å²) < 4.78 is 0. The van der Waals surface area contributed by atoms with E-state index in [1.807, 2.05) is 0 Å². The van der Waals surface area contributed by atoms with Crippen LogP contribution < -0.4 is 5.56 Å². The summed E-state index contributed by atoms with van der Waals surface area (Å²) in [5.74, 6) is 0. The number of rotatable bonds is 0. The van der Waals surface area contributed by atoms with E-state index in [-0.39, 0.29) is 5.56 Å². The molecule has 1 aromatic heterocycles. The van der Waals surface area contributed by atoms with E-state index in [9.17, 15) is 4.79 Å². The molecule has 0 unspecified atom stereocenters. The van der Waals surface area contributed by atoms with Crippen LogP contribution in [0.1, 0.15) is 5.69 Å². The van der Waals surface area contributed by atoms with E-state index in [4.69, 9.17) is 0 Å². The smallest absolute Gasteiger partial charge is 0.278 e. The molecular formula is C5H4N4O. The molecule has 0 amide bonds. The number of nitrogens with zero attached hydrogens (tertiary/aromatic N) is 3. The number of nitrogens with one attached hydrogen (secondary N) is 1. The molecule has 1 aliphatic rings. The van der Waals surface area contributed by atoms with Crippen molar-refractivity contribution in [1.82, 2.24) is 9.97 Å². The number of aromatic nitrogens is 2. The van der Waals surface area contributed by atoms with Crippen molar-refractivity contribution in [2.75, 3.05) is 0 Å². The molecule has 2 heterocycles. The lowest BCUT2D eigenvalue weighted by Gasteiger charge is -1.88. The van der Waals surface area contributed by atoms with E-state index in [0.29, 0.717) is 17.9 Å². The third kappa shape index (κ3) is 0.570. The first-order valence-corrected chi connectivity index (χ1v) is 2.82. The lowest BCUT2D eigenvalue weighted by Crippen LogP contribution is -2.06. The van der Waals surface area contributed by atoms with Gasteiger partial charge in [-0.1, -0.05) is 0 Å². The molecule has 0 atom stereocenters. The summed E-state index contributed by atoms with van der Waals surface area (Å²) in [5.41, 5.74) is 0.789. The van der Waals surface area contributed by atoms with Gasteiger partial charge in [0.15, 0.2) is 5.69 Å². The molecule has 0 aliphatic carbocycles. The minimum absolute atomic E-state index is 0.216. The van der Waals surface area contributed by atoms with Gasteiger partial charge in [-0.25, -0.2) is 4.98 Å². The fraction of sp³-hybridized carbons (Fsp3) is 0.200. The Labute approximate surface area is 55.8 Å². The van der Waals surface area contributed by atoms with E-state index in [1.165, 1.54) is 6.33 Å². The van der Waals surface area contributed by atoms with E-state index in [0.717, 1.165) is 0 Å². The predicted molar refractivity (Wildman–Crippen MR) is 33.1 cm³/mol. The summed E-state index contributed by atoms with van der Waals surface area (Å²) in [6.45, 7) is 0.430. The Balaban J connectivity index is 2.79. The molecule has 1 aliphatic heterocycles. The number of hydrogen-bond acceptors (Lipinski definition) is 4. The second kappa shape index (κ2) is 1.73. The van der Waals surface area contributed by atoms with Crippen molar-refractivity contribution < 1.29 is 0 Å². The van der Waals surface area contributed by atoms with Gasteiger partial charge in [0.2, 0.25) is 0 Å². The normalized spacial score (nSPS) is 13.6. The molecule has 50 valence electrons. The minimum Gasteiger partial charge on any atom is -0.311 e. The first kappa shape index (κ1) is 5.28. The van der Waals surface area contributed by atoms with Crippen molar-refractivity contribution in [3.63, 3.8) is 0 Å². The Bertz CT molecular complexity index is 340. The summed E-state index contributed by atoms with van der Waals surface area (Å²) >= 11 is 0. The van der Waals surface area contributed by atoms with Crippen molar-refractivity contribution in [3.05, 3.63) is 22.4 Å². The highest BCUT2D eigenvalue weighted by Gasteiger charge is 2.11. The topological polar surface area (TPSA) is 70.5 Å². The van der Waals surface area contributed by atoms with Gasteiger partial charge < -0.3 is 4.98 Å². The number of H-pyrrole nitrogens is 1. The van der Waals surface area contributed by atoms with Gasteiger partial charge in [-0.15, -0.1) is 5.11 Å². The Morgan fingerprint density at radius 1 is 1.60 bits per heavy atom. The van der Waals surface area contributed by atoms with Crippen molar-refractivity contribution in [2.45, 2.75) is 6.54 Å². The number of aromatic amines is 1. The summed E-state index contributed by atoms with van der Waals surface area (Å²) in [5, 5.41) is 7.27. The number of azo groups is 1. The second-order valence-electron chi connectivity index (χ2n) is 1.93. The second-order valence-corrected chi connectivity index (χ2v) is 1.93. The summed E-state index contributed by atoms with van der Waals surface area (Å²) in [4.78, 5) is 17.2. The van der Waals surface area contributed by atoms with Gasteiger partial charge in [-0.3, -0.25) is 4.79 Å². The largest absolute Gasteiger partial charge is 0.311 e. The summed E-state index contributed by atoms with van der Waals surface area (Å²) in [7, 11) is 0. The molecule has 0 saturated heterocycles. The van der Waals surface area contributed by atoms with Gasteiger partial charge in [-0.05, 0) is 0 Å². The Morgan fingerprint density at radius 3 is 3.30 bits per heavy atom. The molecule has 0 bridgehead atoms. The molecule has 0 aromatic carbocycles. The minimum atomic E-state index is -0.216. The van der Waals surface area contributed by atoms with Gasteiger partial charge in [0.1, 0.15) is 6.54 Å². The van der Waals surface area contributed by atoms with Crippen LogP contribution in [0.25, 0.3) is 0 Å². The highest BCUT2D eigenvalue weighted by Crippen LogP contribution is 2.17. The molecule has 0 fully saturated rings. The van der Waals surface area contributed by atoms with Crippen LogP contribution >= 0.6 is 0 Å². The van der Waals surface area contributed by atoms with E-state index in [2.05, 4.69) is 20.2 Å². The lowest BCUT2D eigenvalue weighted by atomic mass is 10.4. The van der Waals surface area contributed by atoms with Crippen LogP contribution in [0.3, 0.4) is 0 Å². The van der Waals surface area contributed by atoms with Gasteiger partial charge in [0.25, 0.3) is 5.56 Å². The maximum absolute atomic E-state index is 10.9. The van der Waals surface area contributed by atoms with Crippen LogP contribution in [0.5, 0.6) is 0 Å². The Hall–Kier alpha value is -1.52. The molecule has 5 nitrogen and oxygen atoms in total. The average Bonchev–Trinajstić information content (AvgIpc) is 2.36. The van der Waals surface area contributed by atoms with Gasteiger partial charge >= 0.3 is 0 Å². The average molecular weight is 136 g/mol. The zero-order chi connectivity index (χ0) is 6.97. The van der Waals surface area contributed by atoms with E-state index < -0.39 is 0 Å². The maximum atomic E-state index is 10.9. The van der Waals surface area contributed by atoms with Crippen LogP contribution in [0.2, 0.25) is 0 Å². The predicted octanol–water partition coefficient (Wildman–Crippen LogP) is 0.367.